The van der Waals surface area contributed by atoms with Gasteiger partial charge in [0.25, 0.3) is 0 Å². The van der Waals surface area contributed by atoms with E-state index in [-0.39, 0.29) is 23.0 Å². The quantitative estimate of drug-likeness (QED) is 0.429. The molecule has 0 aliphatic carbocycles. The van der Waals surface area contributed by atoms with Gasteiger partial charge >= 0.3 is 12.4 Å². The van der Waals surface area contributed by atoms with Gasteiger partial charge in [0, 0.05) is 6.07 Å². The van der Waals surface area contributed by atoms with Crippen molar-refractivity contribution in [2.24, 2.45) is 0 Å². The van der Waals surface area contributed by atoms with Crippen molar-refractivity contribution in [2.45, 2.75) is 12.4 Å². The lowest BCUT2D eigenvalue weighted by molar-refractivity contribution is -0.138. The van der Waals surface area contributed by atoms with Crippen molar-refractivity contribution >= 4 is 0 Å². The average molecular weight is 398 g/mol. The molecule has 3 aromatic carbocycles. The molecule has 3 rings (SSSR count). The summed E-state index contributed by atoms with van der Waals surface area (Å²) in [5.41, 5.74) is -1.72. The van der Waals surface area contributed by atoms with Crippen LogP contribution in [0.15, 0.2) is 72.8 Å². The van der Waals surface area contributed by atoms with E-state index < -0.39 is 23.5 Å². The van der Waals surface area contributed by atoms with E-state index in [9.17, 15) is 26.3 Å². The van der Waals surface area contributed by atoms with Crippen LogP contribution < -0.4 is 9.47 Å². The van der Waals surface area contributed by atoms with Crippen molar-refractivity contribution in [1.82, 2.24) is 0 Å². The fraction of sp³-hybridized carbons (Fsp3) is 0.100. The molecule has 0 radical (unpaired) electrons. The molecule has 0 fully saturated rings. The number of hydrogen-bond donors (Lipinski definition) is 0. The van der Waals surface area contributed by atoms with E-state index in [1.165, 1.54) is 48.5 Å². The van der Waals surface area contributed by atoms with Crippen molar-refractivity contribution in [3.05, 3.63) is 83.9 Å². The Balaban J connectivity index is 1.78. The van der Waals surface area contributed by atoms with E-state index in [2.05, 4.69) is 0 Å². The smallest absolute Gasteiger partial charge is 0.416 e. The lowest BCUT2D eigenvalue weighted by Crippen LogP contribution is -2.04. The molecule has 0 atom stereocenters. The first-order chi connectivity index (χ1) is 13.1. The summed E-state index contributed by atoms with van der Waals surface area (Å²) in [6.07, 6.45) is -9.01. The van der Waals surface area contributed by atoms with Crippen molar-refractivity contribution in [1.29, 1.82) is 0 Å². The van der Waals surface area contributed by atoms with Crippen LogP contribution in [0.3, 0.4) is 0 Å². The second kappa shape index (κ2) is 7.46. The highest BCUT2D eigenvalue weighted by molar-refractivity contribution is 5.41. The minimum absolute atomic E-state index is 0.0361. The minimum atomic E-state index is -4.51. The van der Waals surface area contributed by atoms with Crippen LogP contribution in [0, 0.1) is 0 Å². The number of ether oxygens (including phenoxy) is 2. The monoisotopic (exact) mass is 398 g/mol. The molecule has 0 unspecified atom stereocenters. The molecule has 0 N–H and O–H groups in total. The first-order valence-corrected chi connectivity index (χ1v) is 7.91. The van der Waals surface area contributed by atoms with Gasteiger partial charge < -0.3 is 9.47 Å². The van der Waals surface area contributed by atoms with E-state index in [1.807, 2.05) is 0 Å². The first kappa shape index (κ1) is 19.6. The highest BCUT2D eigenvalue weighted by Crippen LogP contribution is 2.35. The Labute approximate surface area is 155 Å². The lowest BCUT2D eigenvalue weighted by Gasteiger charge is -2.12. The van der Waals surface area contributed by atoms with Crippen LogP contribution in [0.25, 0.3) is 0 Å². The average Bonchev–Trinajstić information content (AvgIpc) is 2.61. The Morgan fingerprint density at radius 2 is 0.786 bits per heavy atom. The molecular formula is C20H12F6O2. The highest BCUT2D eigenvalue weighted by atomic mass is 19.4. The molecule has 3 aromatic rings. The molecule has 0 heterocycles. The SMILES string of the molecule is FC(F)(F)c1cccc(Oc2cccc(Oc3cccc(C(F)(F)F)c3)c2)c1. The van der Waals surface area contributed by atoms with Crippen LogP contribution in [0.2, 0.25) is 0 Å². The van der Waals surface area contributed by atoms with Gasteiger partial charge in [-0.3, -0.25) is 0 Å². The molecule has 0 saturated carbocycles. The van der Waals surface area contributed by atoms with Crippen LogP contribution in [0.1, 0.15) is 11.1 Å². The zero-order valence-corrected chi connectivity index (χ0v) is 14.0. The second-order valence-corrected chi connectivity index (χ2v) is 5.73. The van der Waals surface area contributed by atoms with Crippen molar-refractivity contribution < 1.29 is 35.8 Å². The molecule has 0 aliphatic heterocycles. The molecule has 0 saturated heterocycles. The molecule has 0 aliphatic rings. The van der Waals surface area contributed by atoms with E-state index in [0.717, 1.165) is 24.3 Å². The Hall–Kier alpha value is -3.16. The summed E-state index contributed by atoms with van der Waals surface area (Å²) in [4.78, 5) is 0. The largest absolute Gasteiger partial charge is 0.457 e. The van der Waals surface area contributed by atoms with Crippen molar-refractivity contribution in [3.8, 4) is 23.0 Å². The number of benzene rings is 3. The van der Waals surface area contributed by atoms with E-state index >= 15 is 0 Å². The molecular weight excluding hydrogens is 386 g/mol. The number of alkyl halides is 6. The maximum Gasteiger partial charge on any atom is 0.416 e. The maximum absolute atomic E-state index is 12.8. The van der Waals surface area contributed by atoms with Crippen LogP contribution in [-0.2, 0) is 12.4 Å². The summed E-state index contributed by atoms with van der Waals surface area (Å²) >= 11 is 0. The predicted octanol–water partition coefficient (Wildman–Crippen LogP) is 7.31. The van der Waals surface area contributed by atoms with Crippen molar-refractivity contribution in [3.63, 3.8) is 0 Å². The Bertz CT molecular complexity index is 888. The number of halogens is 6. The highest BCUT2D eigenvalue weighted by Gasteiger charge is 2.31. The number of rotatable bonds is 4. The van der Waals surface area contributed by atoms with Gasteiger partial charge in [-0.1, -0.05) is 18.2 Å². The molecule has 146 valence electrons. The van der Waals surface area contributed by atoms with Crippen molar-refractivity contribution in [2.75, 3.05) is 0 Å². The molecule has 28 heavy (non-hydrogen) atoms. The van der Waals surface area contributed by atoms with E-state index in [1.54, 1.807) is 0 Å². The lowest BCUT2D eigenvalue weighted by atomic mass is 10.2. The van der Waals surface area contributed by atoms with Gasteiger partial charge in [0.1, 0.15) is 23.0 Å². The molecule has 0 aromatic heterocycles. The molecule has 0 spiro atoms. The van der Waals surface area contributed by atoms with E-state index in [0.29, 0.717) is 0 Å². The van der Waals surface area contributed by atoms with Crippen LogP contribution in [0.5, 0.6) is 23.0 Å². The molecule has 8 heteroatoms. The van der Waals surface area contributed by atoms with Gasteiger partial charge in [-0.25, -0.2) is 0 Å². The van der Waals surface area contributed by atoms with Crippen LogP contribution in [0.4, 0.5) is 26.3 Å². The van der Waals surface area contributed by atoms with Gasteiger partial charge in [0.05, 0.1) is 11.1 Å². The molecule has 2 nitrogen and oxygen atoms in total. The zero-order valence-electron chi connectivity index (χ0n) is 14.0. The molecule has 0 amide bonds. The van der Waals surface area contributed by atoms with Crippen LogP contribution >= 0.6 is 0 Å². The third-order valence-corrected chi connectivity index (χ3v) is 3.60. The topological polar surface area (TPSA) is 18.5 Å². The normalized spacial score (nSPS) is 11.9. The minimum Gasteiger partial charge on any atom is -0.457 e. The third-order valence-electron chi connectivity index (χ3n) is 3.60. The fourth-order valence-electron chi connectivity index (χ4n) is 2.35. The third kappa shape index (κ3) is 4.97. The number of hydrogen-bond acceptors (Lipinski definition) is 2. The summed E-state index contributed by atoms with van der Waals surface area (Å²) in [6, 6.07) is 14.5. The van der Waals surface area contributed by atoms with Gasteiger partial charge in [-0.15, -0.1) is 0 Å². The predicted molar refractivity (Wildman–Crippen MR) is 89.5 cm³/mol. The van der Waals surface area contributed by atoms with Gasteiger partial charge in [-0.2, -0.15) is 26.3 Å². The summed E-state index contributed by atoms with van der Waals surface area (Å²) in [6.45, 7) is 0. The second-order valence-electron chi connectivity index (χ2n) is 5.73. The zero-order chi connectivity index (χ0) is 20.4. The fourth-order valence-corrected chi connectivity index (χ4v) is 2.35. The van der Waals surface area contributed by atoms with Gasteiger partial charge in [-0.05, 0) is 48.5 Å². The standard InChI is InChI=1S/C20H12F6O2/c21-19(22,23)13-4-1-6-15(10-13)27-17-8-3-9-18(12-17)28-16-7-2-5-14(11-16)20(24,25)26/h1-12H. The summed E-state index contributed by atoms with van der Waals surface area (Å²) < 4.78 is 87.5. The first-order valence-electron chi connectivity index (χ1n) is 7.91. The summed E-state index contributed by atoms with van der Waals surface area (Å²) in [7, 11) is 0. The van der Waals surface area contributed by atoms with Gasteiger partial charge in [0.15, 0.2) is 0 Å². The maximum atomic E-state index is 12.8. The Morgan fingerprint density at radius 1 is 0.464 bits per heavy atom. The Morgan fingerprint density at radius 3 is 1.14 bits per heavy atom. The molecule has 0 bridgehead atoms. The van der Waals surface area contributed by atoms with Gasteiger partial charge in [0.2, 0.25) is 0 Å². The Kier molecular flexibility index (Phi) is 5.22. The van der Waals surface area contributed by atoms with Crippen LogP contribution in [-0.4, -0.2) is 0 Å². The van der Waals surface area contributed by atoms with E-state index in [4.69, 9.17) is 9.47 Å². The summed E-state index contributed by atoms with van der Waals surface area (Å²) in [5, 5.41) is 0. The summed E-state index contributed by atoms with van der Waals surface area (Å²) in [5.74, 6) is 0.268.